The number of nitrogens with one attached hydrogen (secondary N) is 1. The minimum atomic E-state index is -0.778. The van der Waals surface area contributed by atoms with E-state index in [0.717, 1.165) is 36.3 Å². The Labute approximate surface area is 190 Å². The number of anilines is 3. The molecule has 0 bridgehead atoms. The average Bonchev–Trinajstić information content (AvgIpc) is 3.27. The zero-order valence-corrected chi connectivity index (χ0v) is 18.5. The predicted molar refractivity (Wildman–Crippen MR) is 130 cm³/mol. The summed E-state index contributed by atoms with van der Waals surface area (Å²) < 4.78 is 1.75. The van der Waals surface area contributed by atoms with Crippen molar-refractivity contribution in [1.29, 1.82) is 0 Å². The van der Waals surface area contributed by atoms with Gasteiger partial charge in [-0.3, -0.25) is 9.59 Å². The number of aromatic nitrogens is 3. The highest BCUT2D eigenvalue weighted by Gasteiger charge is 2.18. The third kappa shape index (κ3) is 3.80. The number of fused-ring (bicyclic) bond motifs is 2. The summed E-state index contributed by atoms with van der Waals surface area (Å²) in [4.78, 5) is 35.8. The van der Waals surface area contributed by atoms with Crippen molar-refractivity contribution in [3.05, 3.63) is 81.8 Å². The number of amides is 1. The van der Waals surface area contributed by atoms with E-state index in [1.165, 1.54) is 23.5 Å². The summed E-state index contributed by atoms with van der Waals surface area (Å²) in [5.74, 6) is -0.429. The van der Waals surface area contributed by atoms with Crippen LogP contribution in [0.5, 0.6) is 0 Å². The molecular formula is C25H24N6O2. The number of aryl methyl sites for hydroxylation is 2. The number of pyridine rings is 1. The number of carbonyl (C=O) groups is 1. The second-order valence-electron chi connectivity index (χ2n) is 8.41. The number of hydrogen-bond donors (Lipinski definition) is 2. The van der Waals surface area contributed by atoms with Crippen LogP contribution in [0.3, 0.4) is 0 Å². The number of carbonyl (C=O) groups excluding carboxylic acids is 1. The van der Waals surface area contributed by atoms with Crippen molar-refractivity contribution >= 4 is 34.3 Å². The van der Waals surface area contributed by atoms with Crippen LogP contribution in [0.4, 0.5) is 17.3 Å². The summed E-state index contributed by atoms with van der Waals surface area (Å²) in [5, 5.41) is 3.43. The topological polar surface area (TPSA) is 106 Å². The molecule has 1 amide bonds. The Hall–Kier alpha value is -4.20. The van der Waals surface area contributed by atoms with E-state index >= 15 is 0 Å². The first kappa shape index (κ1) is 20.7. The first-order chi connectivity index (χ1) is 15.9. The number of primary amides is 1. The van der Waals surface area contributed by atoms with Crippen LogP contribution in [0, 0.1) is 0 Å². The largest absolute Gasteiger partial charge is 0.378 e. The van der Waals surface area contributed by atoms with E-state index in [2.05, 4.69) is 27.4 Å². The summed E-state index contributed by atoms with van der Waals surface area (Å²) in [6.45, 7) is 0. The van der Waals surface area contributed by atoms with E-state index in [1.807, 2.05) is 49.3 Å². The van der Waals surface area contributed by atoms with Crippen molar-refractivity contribution in [2.75, 3.05) is 24.3 Å². The fourth-order valence-corrected chi connectivity index (χ4v) is 4.22. The molecule has 4 aromatic rings. The highest BCUT2D eigenvalue weighted by Crippen LogP contribution is 2.26. The lowest BCUT2D eigenvalue weighted by Gasteiger charge is -2.15. The summed E-state index contributed by atoms with van der Waals surface area (Å²) in [7, 11) is 3.96. The van der Waals surface area contributed by atoms with Crippen LogP contribution in [0.25, 0.3) is 16.7 Å². The van der Waals surface area contributed by atoms with Crippen LogP contribution in [-0.4, -0.2) is 34.5 Å². The van der Waals surface area contributed by atoms with Gasteiger partial charge in [0.05, 0.1) is 5.39 Å². The molecule has 0 aliphatic heterocycles. The molecule has 0 radical (unpaired) electrons. The molecule has 3 N–H and O–H groups in total. The van der Waals surface area contributed by atoms with Gasteiger partial charge in [0.2, 0.25) is 11.4 Å². The number of hydrogen-bond acceptors (Lipinski definition) is 6. The Morgan fingerprint density at radius 2 is 1.85 bits per heavy atom. The number of rotatable bonds is 5. The molecule has 2 aromatic carbocycles. The number of benzene rings is 2. The molecule has 0 unspecified atom stereocenters. The van der Waals surface area contributed by atoms with E-state index in [4.69, 9.17) is 5.73 Å². The van der Waals surface area contributed by atoms with Crippen molar-refractivity contribution < 1.29 is 4.79 Å². The molecule has 5 rings (SSSR count). The third-order valence-corrected chi connectivity index (χ3v) is 6.01. The maximum absolute atomic E-state index is 12.9. The van der Waals surface area contributed by atoms with E-state index in [1.54, 1.807) is 4.57 Å². The molecule has 1 aliphatic carbocycles. The molecule has 0 saturated carbocycles. The monoisotopic (exact) mass is 440 g/mol. The van der Waals surface area contributed by atoms with Gasteiger partial charge < -0.3 is 20.5 Å². The molecular weight excluding hydrogens is 416 g/mol. The normalized spacial score (nSPS) is 12.5. The van der Waals surface area contributed by atoms with Crippen molar-refractivity contribution in [2.24, 2.45) is 5.73 Å². The lowest BCUT2D eigenvalue weighted by atomic mass is 10.1. The van der Waals surface area contributed by atoms with Gasteiger partial charge >= 0.3 is 0 Å². The highest BCUT2D eigenvalue weighted by molar-refractivity contribution is 5.96. The fraction of sp³-hybridized carbons (Fsp3) is 0.200. The summed E-state index contributed by atoms with van der Waals surface area (Å²) in [5.41, 5.74) is 10.7. The molecule has 2 aromatic heterocycles. The van der Waals surface area contributed by atoms with E-state index in [0.29, 0.717) is 11.6 Å². The highest BCUT2D eigenvalue weighted by atomic mass is 16.2. The van der Waals surface area contributed by atoms with Gasteiger partial charge in [-0.1, -0.05) is 6.07 Å². The van der Waals surface area contributed by atoms with Gasteiger partial charge in [0, 0.05) is 43.6 Å². The van der Waals surface area contributed by atoms with E-state index in [9.17, 15) is 9.59 Å². The Kier molecular flexibility index (Phi) is 5.05. The van der Waals surface area contributed by atoms with Gasteiger partial charge in [-0.15, -0.1) is 0 Å². The number of nitrogens with two attached hydrogens (primary N) is 1. The predicted octanol–water partition coefficient (Wildman–Crippen LogP) is 3.18. The van der Waals surface area contributed by atoms with E-state index in [-0.39, 0.29) is 10.9 Å². The van der Waals surface area contributed by atoms with Gasteiger partial charge in [0.15, 0.2) is 5.65 Å². The molecule has 0 atom stereocenters. The zero-order chi connectivity index (χ0) is 23.1. The Balaban J connectivity index is 1.63. The van der Waals surface area contributed by atoms with Crippen LogP contribution in [0.1, 0.15) is 27.9 Å². The second-order valence-corrected chi connectivity index (χ2v) is 8.41. The number of nitrogens with zero attached hydrogens (tertiary/aromatic N) is 4. The van der Waals surface area contributed by atoms with Crippen LogP contribution < -0.4 is 21.4 Å². The molecule has 0 fully saturated rings. The Bertz CT molecular complexity index is 1440. The van der Waals surface area contributed by atoms with Crippen LogP contribution in [-0.2, 0) is 12.8 Å². The lowest BCUT2D eigenvalue weighted by molar-refractivity contribution is 0.0999. The summed E-state index contributed by atoms with van der Waals surface area (Å²) >= 11 is 0. The smallest absolute Gasteiger partial charge is 0.254 e. The molecule has 33 heavy (non-hydrogen) atoms. The van der Waals surface area contributed by atoms with Crippen molar-refractivity contribution in [2.45, 2.75) is 19.3 Å². The molecule has 8 nitrogen and oxygen atoms in total. The molecule has 2 heterocycles. The SMILES string of the molecule is CN(C)c1ccc(Nc2ncc3c(=O)c(C(N)=O)cn(-c4ccc5c(c4)CCC5)c3n2)cc1. The maximum atomic E-state index is 12.9. The van der Waals surface area contributed by atoms with Crippen LogP contribution in [0.2, 0.25) is 0 Å². The molecule has 0 spiro atoms. The van der Waals surface area contributed by atoms with Gasteiger partial charge in [-0.2, -0.15) is 4.98 Å². The maximum Gasteiger partial charge on any atom is 0.254 e. The van der Waals surface area contributed by atoms with Gasteiger partial charge in [-0.05, 0) is 66.8 Å². The summed E-state index contributed by atoms with van der Waals surface area (Å²) in [6.07, 6.45) is 6.12. The van der Waals surface area contributed by atoms with Gasteiger partial charge in [0.25, 0.3) is 5.91 Å². The fourth-order valence-electron chi connectivity index (χ4n) is 4.22. The van der Waals surface area contributed by atoms with Crippen molar-refractivity contribution in [3.63, 3.8) is 0 Å². The molecule has 166 valence electrons. The standard InChI is InChI=1S/C25H24N6O2/c1-30(2)18-10-7-17(8-11-18)28-25-27-13-20-22(32)21(23(26)33)14-31(24(20)29-25)19-9-6-15-4-3-5-16(15)12-19/h6-14H,3-5H2,1-2H3,(H2,26,33)(H,27,28,29). The minimum absolute atomic E-state index is 0.0911. The van der Waals surface area contributed by atoms with Crippen LogP contribution >= 0.6 is 0 Å². The summed E-state index contributed by atoms with van der Waals surface area (Å²) in [6, 6.07) is 14.0. The van der Waals surface area contributed by atoms with Crippen LogP contribution in [0.15, 0.2) is 59.7 Å². The quantitative estimate of drug-likeness (QED) is 0.494. The third-order valence-electron chi connectivity index (χ3n) is 6.01. The molecule has 0 saturated heterocycles. The minimum Gasteiger partial charge on any atom is -0.378 e. The Morgan fingerprint density at radius 3 is 2.58 bits per heavy atom. The lowest BCUT2D eigenvalue weighted by Crippen LogP contribution is -2.24. The van der Waals surface area contributed by atoms with Gasteiger partial charge in [0.1, 0.15) is 5.56 Å². The first-order valence-electron chi connectivity index (χ1n) is 10.8. The molecule has 8 heteroatoms. The zero-order valence-electron chi connectivity index (χ0n) is 18.5. The van der Waals surface area contributed by atoms with Gasteiger partial charge in [-0.25, -0.2) is 4.98 Å². The second kappa shape index (κ2) is 8.05. The Morgan fingerprint density at radius 1 is 1.09 bits per heavy atom. The van der Waals surface area contributed by atoms with Crippen molar-refractivity contribution in [1.82, 2.24) is 14.5 Å². The first-order valence-corrected chi connectivity index (χ1v) is 10.8. The average molecular weight is 441 g/mol. The molecule has 1 aliphatic rings. The van der Waals surface area contributed by atoms with Crippen molar-refractivity contribution in [3.8, 4) is 5.69 Å². The van der Waals surface area contributed by atoms with E-state index < -0.39 is 11.3 Å².